The van der Waals surface area contributed by atoms with Gasteiger partial charge in [-0.3, -0.25) is 9.59 Å². The molecule has 2 aliphatic rings. The second-order valence-corrected chi connectivity index (χ2v) is 10.2. The van der Waals surface area contributed by atoms with E-state index in [1.165, 1.54) is 10.6 Å². The summed E-state index contributed by atoms with van der Waals surface area (Å²) in [5, 5.41) is 1.06. The third-order valence-corrected chi connectivity index (χ3v) is 7.43. The van der Waals surface area contributed by atoms with Crippen LogP contribution in [0.2, 0.25) is 0 Å². The second kappa shape index (κ2) is 8.39. The zero-order valence-electron chi connectivity index (χ0n) is 17.2. The molecule has 1 atom stereocenters. The summed E-state index contributed by atoms with van der Waals surface area (Å²) in [5.41, 5.74) is 2.00. The summed E-state index contributed by atoms with van der Waals surface area (Å²) >= 11 is 0. The fourth-order valence-corrected chi connectivity index (χ4v) is 5.34. The molecule has 0 aliphatic carbocycles. The minimum atomic E-state index is -3.28. The fraction of sp³-hybridized carbons (Fsp3) is 0.524. The number of amides is 2. The Kier molecular flexibility index (Phi) is 5.84. The predicted molar refractivity (Wildman–Crippen MR) is 114 cm³/mol. The highest BCUT2D eigenvalue weighted by atomic mass is 32.2. The number of hydrogen-bond acceptors (Lipinski definition) is 4. The first-order valence-corrected chi connectivity index (χ1v) is 12.2. The van der Waals surface area contributed by atoms with Gasteiger partial charge in [0.1, 0.15) is 0 Å². The minimum Gasteiger partial charge on any atom is -0.361 e. The van der Waals surface area contributed by atoms with Crippen molar-refractivity contribution in [3.8, 4) is 0 Å². The number of carbonyl (C=O) groups excluding carboxylic acids is 2. The Bertz CT molecular complexity index is 1040. The summed E-state index contributed by atoms with van der Waals surface area (Å²) in [6, 6.07) is 7.92. The molecule has 1 aromatic heterocycles. The number of nitrogens with one attached hydrogen (secondary N) is 1. The largest absolute Gasteiger partial charge is 0.361 e. The molecule has 8 nitrogen and oxygen atoms in total. The van der Waals surface area contributed by atoms with Crippen LogP contribution in [0.1, 0.15) is 18.4 Å². The molecular formula is C21H28N4O4S. The van der Waals surface area contributed by atoms with E-state index in [2.05, 4.69) is 4.98 Å². The molecule has 2 aliphatic heterocycles. The van der Waals surface area contributed by atoms with Crippen LogP contribution in [-0.2, 0) is 26.0 Å². The van der Waals surface area contributed by atoms with Gasteiger partial charge in [0.15, 0.2) is 0 Å². The maximum Gasteiger partial charge on any atom is 0.227 e. The number of piperazine rings is 1. The Balaban J connectivity index is 1.32. The van der Waals surface area contributed by atoms with E-state index in [0.717, 1.165) is 16.5 Å². The fourth-order valence-electron chi connectivity index (χ4n) is 4.43. The number of para-hydroxylation sites is 1. The van der Waals surface area contributed by atoms with Crippen molar-refractivity contribution < 1.29 is 18.0 Å². The van der Waals surface area contributed by atoms with E-state index in [0.29, 0.717) is 52.0 Å². The number of sulfonamides is 1. The molecular weight excluding hydrogens is 404 g/mol. The van der Waals surface area contributed by atoms with Crippen LogP contribution in [0.25, 0.3) is 10.9 Å². The van der Waals surface area contributed by atoms with E-state index in [1.807, 2.05) is 35.4 Å². The van der Waals surface area contributed by atoms with Gasteiger partial charge in [0, 0.05) is 56.4 Å². The van der Waals surface area contributed by atoms with E-state index < -0.39 is 10.0 Å². The van der Waals surface area contributed by atoms with Crippen LogP contribution in [0, 0.1) is 5.92 Å². The summed E-state index contributed by atoms with van der Waals surface area (Å²) < 4.78 is 25.0. The molecule has 30 heavy (non-hydrogen) atoms. The number of benzene rings is 1. The lowest BCUT2D eigenvalue weighted by Gasteiger charge is -2.38. The summed E-state index contributed by atoms with van der Waals surface area (Å²) in [4.78, 5) is 32.5. The molecule has 1 N–H and O–H groups in total. The summed E-state index contributed by atoms with van der Waals surface area (Å²) in [6.45, 7) is 2.75. The zero-order valence-corrected chi connectivity index (χ0v) is 18.0. The van der Waals surface area contributed by atoms with Crippen LogP contribution in [0.4, 0.5) is 0 Å². The Hall–Kier alpha value is -2.39. The van der Waals surface area contributed by atoms with Crippen LogP contribution in [0.5, 0.6) is 0 Å². The maximum atomic E-state index is 12.9. The van der Waals surface area contributed by atoms with Gasteiger partial charge in [-0.05, 0) is 24.5 Å². The van der Waals surface area contributed by atoms with E-state index in [-0.39, 0.29) is 24.3 Å². The van der Waals surface area contributed by atoms with Crippen LogP contribution in [0.15, 0.2) is 30.5 Å². The van der Waals surface area contributed by atoms with Gasteiger partial charge >= 0.3 is 0 Å². The number of rotatable bonds is 4. The Morgan fingerprint density at radius 3 is 2.50 bits per heavy atom. The summed E-state index contributed by atoms with van der Waals surface area (Å²) in [6.07, 6.45) is 4.83. The van der Waals surface area contributed by atoms with Crippen molar-refractivity contribution in [3.63, 3.8) is 0 Å². The van der Waals surface area contributed by atoms with Gasteiger partial charge in [0.25, 0.3) is 0 Å². The molecule has 162 valence electrons. The lowest BCUT2D eigenvalue weighted by molar-refractivity contribution is -0.142. The monoisotopic (exact) mass is 432 g/mol. The molecule has 2 aromatic rings. The van der Waals surface area contributed by atoms with Crippen LogP contribution >= 0.6 is 0 Å². The first kappa shape index (κ1) is 20.9. The molecule has 3 heterocycles. The summed E-state index contributed by atoms with van der Waals surface area (Å²) in [5.74, 6) is -0.221. The van der Waals surface area contributed by atoms with Crippen molar-refractivity contribution in [2.45, 2.75) is 19.3 Å². The van der Waals surface area contributed by atoms with Crippen molar-refractivity contribution in [2.24, 2.45) is 5.92 Å². The number of hydrogen-bond donors (Lipinski definition) is 1. The molecule has 2 amide bonds. The normalized spacial score (nSPS) is 21.2. The van der Waals surface area contributed by atoms with Gasteiger partial charge < -0.3 is 14.8 Å². The van der Waals surface area contributed by atoms with Gasteiger partial charge in [-0.1, -0.05) is 18.2 Å². The van der Waals surface area contributed by atoms with Crippen molar-refractivity contribution >= 4 is 32.7 Å². The second-order valence-electron chi connectivity index (χ2n) is 8.20. The quantitative estimate of drug-likeness (QED) is 0.782. The minimum absolute atomic E-state index is 0.00655. The van der Waals surface area contributed by atoms with Crippen LogP contribution < -0.4 is 0 Å². The van der Waals surface area contributed by atoms with Crippen molar-refractivity contribution in [2.75, 3.05) is 45.5 Å². The number of piperidine rings is 1. The van der Waals surface area contributed by atoms with E-state index in [4.69, 9.17) is 0 Å². The topological polar surface area (TPSA) is 93.8 Å². The van der Waals surface area contributed by atoms with Gasteiger partial charge in [-0.2, -0.15) is 0 Å². The number of aromatic nitrogens is 1. The molecule has 9 heteroatoms. The van der Waals surface area contributed by atoms with Crippen molar-refractivity contribution in [3.05, 3.63) is 36.0 Å². The number of nitrogens with zero attached hydrogens (tertiary/aromatic N) is 3. The smallest absolute Gasteiger partial charge is 0.227 e. The van der Waals surface area contributed by atoms with E-state index >= 15 is 0 Å². The van der Waals surface area contributed by atoms with Gasteiger partial charge in [0.05, 0.1) is 18.6 Å². The number of H-pyrrole nitrogens is 1. The highest BCUT2D eigenvalue weighted by Gasteiger charge is 2.34. The molecule has 0 radical (unpaired) electrons. The molecule has 0 spiro atoms. The van der Waals surface area contributed by atoms with Crippen LogP contribution in [-0.4, -0.2) is 84.8 Å². The maximum absolute atomic E-state index is 12.9. The predicted octanol–water partition coefficient (Wildman–Crippen LogP) is 1.05. The molecule has 0 bridgehead atoms. The third-order valence-electron chi connectivity index (χ3n) is 6.16. The lowest BCUT2D eigenvalue weighted by atomic mass is 9.97. The SMILES string of the molecule is CS(=O)(=O)N1CCCC(C(=O)N2CCN(C(=O)Cc3c[nH]c4ccccc34)CC2)C1. The first-order chi connectivity index (χ1) is 14.3. The highest BCUT2D eigenvalue weighted by molar-refractivity contribution is 7.88. The number of carbonyl (C=O) groups is 2. The standard InChI is InChI=1S/C21H28N4O4S/c1-30(28,29)25-8-4-5-16(15-25)21(27)24-11-9-23(10-12-24)20(26)13-17-14-22-19-7-3-2-6-18(17)19/h2-3,6-7,14,16,22H,4-5,8-13,15H2,1H3. The van der Waals surface area contributed by atoms with Crippen LogP contribution in [0.3, 0.4) is 0 Å². The lowest BCUT2D eigenvalue weighted by Crippen LogP contribution is -2.54. The molecule has 0 saturated carbocycles. The zero-order chi connectivity index (χ0) is 21.3. The Labute approximate surface area is 176 Å². The number of aromatic amines is 1. The van der Waals surface area contributed by atoms with E-state index in [9.17, 15) is 18.0 Å². The first-order valence-electron chi connectivity index (χ1n) is 10.4. The average molecular weight is 433 g/mol. The molecule has 1 aromatic carbocycles. The molecule has 1 unspecified atom stereocenters. The number of fused-ring (bicyclic) bond motifs is 1. The molecule has 4 rings (SSSR count). The van der Waals surface area contributed by atoms with Crippen molar-refractivity contribution in [1.29, 1.82) is 0 Å². The molecule has 2 fully saturated rings. The third kappa shape index (κ3) is 4.37. The van der Waals surface area contributed by atoms with Gasteiger partial charge in [0.2, 0.25) is 21.8 Å². The van der Waals surface area contributed by atoms with Gasteiger partial charge in [-0.15, -0.1) is 0 Å². The highest BCUT2D eigenvalue weighted by Crippen LogP contribution is 2.22. The van der Waals surface area contributed by atoms with E-state index in [1.54, 1.807) is 4.90 Å². The molecule has 2 saturated heterocycles. The average Bonchev–Trinajstić information content (AvgIpc) is 3.16. The Morgan fingerprint density at radius 2 is 1.77 bits per heavy atom. The Morgan fingerprint density at radius 1 is 1.07 bits per heavy atom. The van der Waals surface area contributed by atoms with Crippen molar-refractivity contribution in [1.82, 2.24) is 19.1 Å². The summed E-state index contributed by atoms with van der Waals surface area (Å²) in [7, 11) is -3.28. The van der Waals surface area contributed by atoms with Gasteiger partial charge in [-0.25, -0.2) is 12.7 Å².